The van der Waals surface area contributed by atoms with Crippen LogP contribution in [0.25, 0.3) is 0 Å². The predicted molar refractivity (Wildman–Crippen MR) is 259 cm³/mol. The molecule has 0 rings (SSSR count). The second kappa shape index (κ2) is 49.4. The Bertz CT molecular complexity index is 948. The first-order valence-electron chi connectivity index (χ1n) is 27.0. The summed E-state index contributed by atoms with van der Waals surface area (Å²) in [7, 11) is -4.47. The summed E-state index contributed by atoms with van der Waals surface area (Å²) in [4.78, 5) is 37.9. The summed E-state index contributed by atoms with van der Waals surface area (Å²) in [5, 5.41) is 0. The van der Waals surface area contributed by atoms with Crippen molar-refractivity contribution in [3.8, 4) is 0 Å². The highest BCUT2D eigenvalue weighted by Crippen LogP contribution is 2.55. The van der Waals surface area contributed by atoms with E-state index in [0.29, 0.717) is 19.3 Å². The first kappa shape index (κ1) is 61.0. The first-order chi connectivity index (χ1) is 30.4. The number of ether oxygens (including phenoxy) is 2. The molecule has 0 radical (unpaired) electrons. The van der Waals surface area contributed by atoms with Gasteiger partial charge in [0.25, 0.3) is 0 Å². The molecule has 0 N–H and O–H groups in total. The second-order valence-electron chi connectivity index (χ2n) is 18.2. The number of unbranched alkanes of at least 4 members (excludes halogenated alkanes) is 36. The Morgan fingerprint density at radius 2 is 0.581 bits per heavy atom. The first-order valence-corrected chi connectivity index (χ1v) is 28.6. The quantitative estimate of drug-likeness (QED) is 0.0194. The summed E-state index contributed by atoms with van der Waals surface area (Å²) >= 11 is 0. The molecular formula is C52H103O9P. The molecule has 0 bridgehead atoms. The molecule has 0 aromatic rings. The van der Waals surface area contributed by atoms with Crippen molar-refractivity contribution in [2.75, 3.05) is 26.4 Å². The summed E-state index contributed by atoms with van der Waals surface area (Å²) in [6.45, 7) is 9.73. The van der Waals surface area contributed by atoms with Gasteiger partial charge in [0.2, 0.25) is 0 Å². The van der Waals surface area contributed by atoms with Gasteiger partial charge in [0.1, 0.15) is 0 Å². The van der Waals surface area contributed by atoms with E-state index in [9.17, 15) is 14.2 Å². The van der Waals surface area contributed by atoms with Crippen LogP contribution in [0.15, 0.2) is 0 Å². The Balaban J connectivity index is 5.31. The van der Waals surface area contributed by atoms with Crippen LogP contribution >= 0.6 is 7.60 Å². The smallest absolute Gasteiger partial charge is 0.398 e. The van der Waals surface area contributed by atoms with Crippen LogP contribution in [0.4, 0.5) is 0 Å². The van der Waals surface area contributed by atoms with Gasteiger partial charge in [-0.25, -0.2) is 9.78 Å². The Kier molecular flexibility index (Phi) is 48.7. The summed E-state index contributed by atoms with van der Waals surface area (Å²) in [6, 6.07) is 0. The number of rotatable bonds is 52. The SMILES string of the molecule is CCCCCCCCCCCCOOP(=O)(OOCCCCCCCCCCCC)C(CC(=O)OCCCCCCCCCCCC)C(=O)OCCCCCCCCCCCC. The van der Waals surface area contributed by atoms with E-state index < -0.39 is 31.6 Å². The minimum Gasteiger partial charge on any atom is -0.466 e. The zero-order valence-corrected chi connectivity index (χ0v) is 42.4. The third kappa shape index (κ3) is 41.7. The lowest BCUT2D eigenvalue weighted by molar-refractivity contribution is -0.269. The van der Waals surface area contributed by atoms with Crippen LogP contribution < -0.4 is 0 Å². The van der Waals surface area contributed by atoms with Gasteiger partial charge in [-0.3, -0.25) is 14.2 Å². The van der Waals surface area contributed by atoms with E-state index in [2.05, 4.69) is 27.7 Å². The maximum atomic E-state index is 14.5. The molecular weight excluding hydrogens is 800 g/mol. The normalized spacial score (nSPS) is 12.3. The lowest BCUT2D eigenvalue weighted by atomic mass is 10.1. The van der Waals surface area contributed by atoms with E-state index in [1.165, 1.54) is 173 Å². The Morgan fingerprint density at radius 1 is 0.339 bits per heavy atom. The number of carbonyl (C=O) groups is 2. The molecule has 0 saturated carbocycles. The fourth-order valence-electron chi connectivity index (χ4n) is 7.81. The van der Waals surface area contributed by atoms with Crippen molar-refractivity contribution in [1.29, 1.82) is 0 Å². The fourth-order valence-corrected chi connectivity index (χ4v) is 9.19. The van der Waals surface area contributed by atoms with E-state index >= 15 is 0 Å². The van der Waals surface area contributed by atoms with Gasteiger partial charge in [0, 0.05) is 0 Å². The third-order valence-corrected chi connectivity index (χ3v) is 13.8. The molecule has 370 valence electrons. The summed E-state index contributed by atoms with van der Waals surface area (Å²) in [5.74, 6) is -1.45. The minimum absolute atomic E-state index is 0.165. The molecule has 9 nitrogen and oxygen atoms in total. The molecule has 0 aliphatic carbocycles. The van der Waals surface area contributed by atoms with Crippen LogP contribution in [0.1, 0.15) is 291 Å². The van der Waals surface area contributed by atoms with Crippen molar-refractivity contribution >= 4 is 19.5 Å². The molecule has 0 aliphatic rings. The van der Waals surface area contributed by atoms with Crippen molar-refractivity contribution in [3.63, 3.8) is 0 Å². The maximum absolute atomic E-state index is 14.5. The molecule has 0 amide bonds. The number of esters is 2. The second-order valence-corrected chi connectivity index (χ2v) is 20.2. The van der Waals surface area contributed by atoms with E-state index in [1.807, 2.05) is 0 Å². The summed E-state index contributed by atoms with van der Waals surface area (Å²) in [5.41, 5.74) is -1.56. The van der Waals surface area contributed by atoms with E-state index in [4.69, 9.17) is 28.6 Å². The van der Waals surface area contributed by atoms with E-state index in [-0.39, 0.29) is 26.4 Å². The van der Waals surface area contributed by atoms with Gasteiger partial charge in [-0.1, -0.05) is 259 Å². The van der Waals surface area contributed by atoms with Crippen molar-refractivity contribution in [1.82, 2.24) is 0 Å². The van der Waals surface area contributed by atoms with Gasteiger partial charge < -0.3 is 9.47 Å². The topological polar surface area (TPSA) is 107 Å². The molecule has 0 fully saturated rings. The minimum atomic E-state index is -4.47. The molecule has 0 heterocycles. The summed E-state index contributed by atoms with van der Waals surface area (Å²) in [6.07, 6.45) is 46.0. The molecule has 10 heteroatoms. The predicted octanol–water partition coefficient (Wildman–Crippen LogP) is 17.6. The van der Waals surface area contributed by atoms with Crippen LogP contribution in [-0.2, 0) is 42.8 Å². The Morgan fingerprint density at radius 3 is 0.871 bits per heavy atom. The van der Waals surface area contributed by atoms with Crippen LogP contribution in [0.5, 0.6) is 0 Å². The summed E-state index contributed by atoms with van der Waals surface area (Å²) < 4.78 is 36.8. The monoisotopic (exact) mass is 903 g/mol. The largest absolute Gasteiger partial charge is 0.466 e. The van der Waals surface area contributed by atoms with Crippen LogP contribution in [-0.4, -0.2) is 44.0 Å². The van der Waals surface area contributed by atoms with E-state index in [0.717, 1.165) is 64.2 Å². The number of carbonyl (C=O) groups excluding carboxylic acids is 2. The lowest BCUT2D eigenvalue weighted by Crippen LogP contribution is -2.30. The highest BCUT2D eigenvalue weighted by molar-refractivity contribution is 7.55. The van der Waals surface area contributed by atoms with Crippen molar-refractivity contribution in [2.24, 2.45) is 0 Å². The van der Waals surface area contributed by atoms with Crippen molar-refractivity contribution in [2.45, 2.75) is 297 Å². The van der Waals surface area contributed by atoms with Crippen LogP contribution in [0.2, 0.25) is 0 Å². The van der Waals surface area contributed by atoms with Gasteiger partial charge >= 0.3 is 19.5 Å². The van der Waals surface area contributed by atoms with Crippen LogP contribution in [0, 0.1) is 0 Å². The Hall–Kier alpha value is -0.990. The highest BCUT2D eigenvalue weighted by Gasteiger charge is 2.47. The molecule has 1 atom stereocenters. The van der Waals surface area contributed by atoms with Gasteiger partial charge in [-0.05, 0) is 25.7 Å². The number of hydrogen-bond donors (Lipinski definition) is 0. The molecule has 0 aromatic heterocycles. The van der Waals surface area contributed by atoms with Crippen molar-refractivity contribution < 1.29 is 42.8 Å². The third-order valence-electron chi connectivity index (χ3n) is 12.0. The fraction of sp³-hybridized carbons (Fsp3) is 0.962. The average molecular weight is 903 g/mol. The molecule has 0 aliphatic heterocycles. The molecule has 0 aromatic carbocycles. The van der Waals surface area contributed by atoms with E-state index in [1.54, 1.807) is 0 Å². The van der Waals surface area contributed by atoms with Gasteiger partial charge in [0.15, 0.2) is 5.66 Å². The van der Waals surface area contributed by atoms with Gasteiger partial charge in [0.05, 0.1) is 32.8 Å². The molecule has 0 saturated heterocycles. The number of hydrogen-bond acceptors (Lipinski definition) is 9. The van der Waals surface area contributed by atoms with Crippen LogP contribution in [0.3, 0.4) is 0 Å². The lowest BCUT2D eigenvalue weighted by Gasteiger charge is -2.23. The maximum Gasteiger partial charge on any atom is 0.398 e. The van der Waals surface area contributed by atoms with Crippen molar-refractivity contribution in [3.05, 3.63) is 0 Å². The van der Waals surface area contributed by atoms with Gasteiger partial charge in [-0.15, -0.1) is 9.35 Å². The molecule has 0 spiro atoms. The zero-order chi connectivity index (χ0) is 45.3. The molecule has 62 heavy (non-hydrogen) atoms. The van der Waals surface area contributed by atoms with Gasteiger partial charge in [-0.2, -0.15) is 0 Å². The standard InChI is InChI=1S/C52H103O9P/c1-5-9-13-17-21-25-29-33-37-41-45-56-51(53)49-50(52(54)57-46-42-38-34-30-26-22-18-14-10-6-2)62(55,60-58-47-43-39-35-31-27-23-19-15-11-7-3)61-59-48-44-40-36-32-28-24-20-16-12-8-4/h50H,5-49H2,1-4H3. The molecule has 1 unspecified atom stereocenters. The average Bonchev–Trinajstić information content (AvgIpc) is 3.27. The Labute approximate surface area is 384 Å². The zero-order valence-electron chi connectivity index (χ0n) is 41.5. The highest BCUT2D eigenvalue weighted by atomic mass is 31.2.